The smallest absolute Gasteiger partial charge is 0.305 e. The molecule has 0 fully saturated rings. The van der Waals surface area contributed by atoms with E-state index in [0.29, 0.717) is 0 Å². The molecule has 18 heavy (non-hydrogen) atoms. The number of carboxylic acids is 1. The Labute approximate surface area is 113 Å². The summed E-state index contributed by atoms with van der Waals surface area (Å²) < 4.78 is 5.08. The van der Waals surface area contributed by atoms with Crippen molar-refractivity contribution in [2.24, 2.45) is 0 Å². The third-order valence-corrected chi connectivity index (χ3v) is 2.30. The molecule has 0 unspecified atom stereocenters. The largest absolute Gasteiger partial charge is 0.481 e. The summed E-state index contributed by atoms with van der Waals surface area (Å²) in [6, 6.07) is 0. The molecule has 0 rings (SSSR count). The molecule has 0 bridgehead atoms. The lowest BCUT2D eigenvalue weighted by atomic mass is 10.4. The molecule has 0 heterocycles. The van der Waals surface area contributed by atoms with Gasteiger partial charge < -0.3 is 20.5 Å². The van der Waals surface area contributed by atoms with Crippen molar-refractivity contribution in [1.82, 2.24) is 10.6 Å². The Hall–Kier alpha value is -1.41. The zero-order chi connectivity index (χ0) is 14.0. The minimum Gasteiger partial charge on any atom is -0.481 e. The fraction of sp³-hybridized carbons (Fsp3) is 0.500. The first-order valence-corrected chi connectivity index (χ1v) is 5.93. The molecule has 7 nitrogen and oxygen atoms in total. The van der Waals surface area contributed by atoms with Crippen LogP contribution in [-0.2, 0) is 19.1 Å². The van der Waals surface area contributed by atoms with Crippen molar-refractivity contribution in [2.75, 3.05) is 26.8 Å². The van der Waals surface area contributed by atoms with Crippen LogP contribution in [0.5, 0.6) is 0 Å². The summed E-state index contributed by atoms with van der Waals surface area (Å²) in [5.41, 5.74) is 0. The highest BCUT2D eigenvalue weighted by atomic mass is 79.9. The molecule has 0 aliphatic carbocycles. The topological polar surface area (TPSA) is 105 Å². The Morgan fingerprint density at radius 2 is 2.00 bits per heavy atom. The lowest BCUT2D eigenvalue weighted by Gasteiger charge is -2.03. The van der Waals surface area contributed by atoms with E-state index < -0.39 is 17.8 Å². The number of rotatable bonds is 8. The summed E-state index contributed by atoms with van der Waals surface area (Å²) in [5.74, 6) is -1.77. The standard InChI is InChI=1S/C10H15BrN2O5/c1-12-10(17)7(11)6-8(14)13-3-5-18-4-2-9(15)16/h6H,2-5H2,1H3,(H,12,17)(H,13,14)(H,15,16)/b7-6+. The van der Waals surface area contributed by atoms with E-state index in [-0.39, 0.29) is 30.7 Å². The van der Waals surface area contributed by atoms with Gasteiger partial charge >= 0.3 is 5.97 Å². The van der Waals surface area contributed by atoms with Crippen molar-refractivity contribution >= 4 is 33.7 Å². The highest BCUT2D eigenvalue weighted by molar-refractivity contribution is 9.12. The average molecular weight is 323 g/mol. The third-order valence-electron chi connectivity index (χ3n) is 1.71. The highest BCUT2D eigenvalue weighted by Gasteiger charge is 2.05. The van der Waals surface area contributed by atoms with E-state index in [2.05, 4.69) is 26.6 Å². The molecule has 0 spiro atoms. The molecular formula is C10H15BrN2O5. The van der Waals surface area contributed by atoms with E-state index in [1.807, 2.05) is 0 Å². The number of nitrogens with one attached hydrogen (secondary N) is 2. The van der Waals surface area contributed by atoms with E-state index in [1.165, 1.54) is 7.05 Å². The van der Waals surface area contributed by atoms with Gasteiger partial charge in [0.1, 0.15) is 0 Å². The molecule has 0 aliphatic heterocycles. The average Bonchev–Trinajstić information content (AvgIpc) is 2.31. The number of halogens is 1. The molecule has 0 saturated heterocycles. The second-order valence-electron chi connectivity index (χ2n) is 3.12. The SMILES string of the molecule is CNC(=O)/C(Br)=C\C(=O)NCCOCCC(=O)O. The highest BCUT2D eigenvalue weighted by Crippen LogP contribution is 2.03. The number of carbonyl (C=O) groups excluding carboxylic acids is 2. The predicted octanol–water partition coefficient (Wildman–Crippen LogP) is -0.381. The summed E-state index contributed by atoms with van der Waals surface area (Å²) >= 11 is 2.95. The number of aliphatic carboxylic acids is 1. The van der Waals surface area contributed by atoms with Gasteiger partial charge in [-0.2, -0.15) is 0 Å². The molecule has 0 aliphatic rings. The first kappa shape index (κ1) is 16.6. The number of carboxylic acid groups (broad SMARTS) is 1. The summed E-state index contributed by atoms with van der Waals surface area (Å²) in [5, 5.41) is 13.2. The lowest BCUT2D eigenvalue weighted by Crippen LogP contribution is -2.27. The fourth-order valence-electron chi connectivity index (χ4n) is 0.859. The van der Waals surface area contributed by atoms with Crippen molar-refractivity contribution in [2.45, 2.75) is 6.42 Å². The number of ether oxygens (including phenoxy) is 1. The monoisotopic (exact) mass is 322 g/mol. The maximum absolute atomic E-state index is 11.3. The molecule has 0 saturated carbocycles. The van der Waals surface area contributed by atoms with Crippen molar-refractivity contribution in [3.05, 3.63) is 10.6 Å². The first-order chi connectivity index (χ1) is 8.47. The van der Waals surface area contributed by atoms with E-state index in [4.69, 9.17) is 9.84 Å². The maximum atomic E-state index is 11.3. The second-order valence-corrected chi connectivity index (χ2v) is 3.97. The van der Waals surface area contributed by atoms with Crippen LogP contribution in [0, 0.1) is 0 Å². The van der Waals surface area contributed by atoms with Crippen LogP contribution in [0.15, 0.2) is 10.6 Å². The Morgan fingerprint density at radius 3 is 2.56 bits per heavy atom. The van der Waals surface area contributed by atoms with Gasteiger partial charge in [-0.05, 0) is 15.9 Å². The minimum absolute atomic E-state index is 0.0733. The molecule has 3 N–H and O–H groups in total. The van der Waals surface area contributed by atoms with Crippen LogP contribution in [0.25, 0.3) is 0 Å². The molecule has 8 heteroatoms. The normalized spacial score (nSPS) is 10.9. The van der Waals surface area contributed by atoms with Crippen LogP contribution in [0.1, 0.15) is 6.42 Å². The van der Waals surface area contributed by atoms with Gasteiger partial charge in [-0.3, -0.25) is 14.4 Å². The number of amides is 2. The van der Waals surface area contributed by atoms with Gasteiger partial charge in [0.2, 0.25) is 5.91 Å². The molecule has 0 atom stereocenters. The predicted molar refractivity (Wildman–Crippen MR) is 67.2 cm³/mol. The maximum Gasteiger partial charge on any atom is 0.305 e. The van der Waals surface area contributed by atoms with Crippen LogP contribution in [-0.4, -0.2) is 49.7 Å². The molecule has 2 amide bonds. The molecular weight excluding hydrogens is 308 g/mol. The van der Waals surface area contributed by atoms with Crippen molar-refractivity contribution in [1.29, 1.82) is 0 Å². The molecule has 0 aromatic heterocycles. The molecule has 0 radical (unpaired) electrons. The van der Waals surface area contributed by atoms with Crippen LogP contribution in [0.2, 0.25) is 0 Å². The Bertz CT molecular complexity index is 343. The Kier molecular flexibility index (Phi) is 8.85. The van der Waals surface area contributed by atoms with Crippen LogP contribution < -0.4 is 10.6 Å². The van der Waals surface area contributed by atoms with E-state index in [0.717, 1.165) is 6.08 Å². The van der Waals surface area contributed by atoms with Crippen LogP contribution in [0.3, 0.4) is 0 Å². The third kappa shape index (κ3) is 8.71. The van der Waals surface area contributed by atoms with Crippen LogP contribution in [0.4, 0.5) is 0 Å². The Balaban J connectivity index is 3.71. The fourth-order valence-corrected chi connectivity index (χ4v) is 1.27. The minimum atomic E-state index is -0.934. The number of hydrogen-bond donors (Lipinski definition) is 3. The zero-order valence-corrected chi connectivity index (χ0v) is 11.4. The van der Waals surface area contributed by atoms with Gasteiger partial charge in [0, 0.05) is 19.7 Å². The van der Waals surface area contributed by atoms with Gasteiger partial charge in [-0.15, -0.1) is 0 Å². The van der Waals surface area contributed by atoms with Gasteiger partial charge in [-0.1, -0.05) is 0 Å². The van der Waals surface area contributed by atoms with Gasteiger partial charge in [0.05, 0.1) is 24.1 Å². The summed E-state index contributed by atoms with van der Waals surface area (Å²) in [4.78, 5) is 32.5. The molecule has 0 aromatic carbocycles. The molecule has 0 aromatic rings. The van der Waals surface area contributed by atoms with E-state index >= 15 is 0 Å². The quantitative estimate of drug-likeness (QED) is 0.417. The van der Waals surface area contributed by atoms with Gasteiger partial charge in [0.15, 0.2) is 0 Å². The van der Waals surface area contributed by atoms with Crippen molar-refractivity contribution in [3.8, 4) is 0 Å². The molecule has 102 valence electrons. The summed E-state index contributed by atoms with van der Waals surface area (Å²) in [7, 11) is 1.45. The van der Waals surface area contributed by atoms with Crippen molar-refractivity contribution < 1.29 is 24.2 Å². The van der Waals surface area contributed by atoms with Gasteiger partial charge in [0.25, 0.3) is 5.91 Å². The van der Waals surface area contributed by atoms with Crippen LogP contribution >= 0.6 is 15.9 Å². The number of likely N-dealkylation sites (N-methyl/N-ethyl adjacent to an activating group) is 1. The number of carbonyl (C=O) groups is 3. The summed E-state index contributed by atoms with van der Waals surface area (Å²) in [6.45, 7) is 0.552. The summed E-state index contributed by atoms with van der Waals surface area (Å²) in [6.07, 6.45) is 1.03. The zero-order valence-electron chi connectivity index (χ0n) is 9.86. The van der Waals surface area contributed by atoms with E-state index in [1.54, 1.807) is 0 Å². The number of hydrogen-bond acceptors (Lipinski definition) is 4. The van der Waals surface area contributed by atoms with Crippen molar-refractivity contribution in [3.63, 3.8) is 0 Å². The van der Waals surface area contributed by atoms with E-state index in [9.17, 15) is 14.4 Å². The second kappa shape index (κ2) is 9.60. The Morgan fingerprint density at radius 1 is 1.33 bits per heavy atom. The van der Waals surface area contributed by atoms with Gasteiger partial charge in [-0.25, -0.2) is 0 Å². The first-order valence-electron chi connectivity index (χ1n) is 5.14. The lowest BCUT2D eigenvalue weighted by molar-refractivity contribution is -0.138.